The Bertz CT molecular complexity index is 1790. The Morgan fingerprint density at radius 1 is 1.00 bits per heavy atom. The molecule has 48 heavy (non-hydrogen) atoms. The summed E-state index contributed by atoms with van der Waals surface area (Å²) in [7, 11) is 1.69. The van der Waals surface area contributed by atoms with Crippen molar-refractivity contribution in [2.24, 2.45) is 11.8 Å². The first-order valence-corrected chi connectivity index (χ1v) is 16.3. The van der Waals surface area contributed by atoms with Crippen molar-refractivity contribution < 1.29 is 33.8 Å². The quantitative estimate of drug-likeness (QED) is 0.322. The molecule has 2 saturated heterocycles. The summed E-state index contributed by atoms with van der Waals surface area (Å²) < 4.78 is 14.3. The van der Waals surface area contributed by atoms with E-state index in [-0.39, 0.29) is 38.7 Å². The number of aromatic nitrogens is 3. The van der Waals surface area contributed by atoms with Crippen molar-refractivity contribution in [1.82, 2.24) is 29.7 Å². The number of fused-ring (bicyclic) bond motifs is 3. The van der Waals surface area contributed by atoms with Gasteiger partial charge >= 0.3 is 5.97 Å². The van der Waals surface area contributed by atoms with Gasteiger partial charge in [0.2, 0.25) is 11.8 Å². The Morgan fingerprint density at radius 3 is 2.56 bits per heavy atom. The van der Waals surface area contributed by atoms with Crippen LogP contribution in [-0.2, 0) is 35.3 Å². The Balaban J connectivity index is 1.30. The van der Waals surface area contributed by atoms with Gasteiger partial charge in [-0.15, -0.1) is 5.10 Å². The minimum absolute atomic E-state index is 0.0125. The lowest BCUT2D eigenvalue weighted by Crippen LogP contribution is -2.56. The molecule has 0 radical (unpaired) electrons. The molecule has 3 aromatic rings. The first-order chi connectivity index (χ1) is 23.2. The molecule has 13 nitrogen and oxygen atoms in total. The SMILES string of the molecule is C[C@@H]1[C@@H](c2ccccc2)OC(=O)[C@@H]2[C@@H]3C=C[C@]4(O3)[C@H](C(=O)N(Cn3nnc5ccccc53)C/C=C\CCC(=O)N1C)N(CCO)C(=O)[C@@H]24. The zero-order valence-corrected chi connectivity index (χ0v) is 26.8. The number of aliphatic hydroxyl groups is 1. The van der Waals surface area contributed by atoms with Crippen molar-refractivity contribution in [2.45, 2.75) is 56.3 Å². The zero-order valence-electron chi connectivity index (χ0n) is 26.8. The molecule has 250 valence electrons. The highest BCUT2D eigenvalue weighted by Gasteiger charge is 2.73. The third kappa shape index (κ3) is 5.17. The second-order valence-corrected chi connectivity index (χ2v) is 12.8. The van der Waals surface area contributed by atoms with E-state index >= 15 is 0 Å². The van der Waals surface area contributed by atoms with Crippen molar-refractivity contribution in [2.75, 3.05) is 26.7 Å². The van der Waals surface area contributed by atoms with E-state index in [9.17, 15) is 24.3 Å². The number of hydrogen-bond donors (Lipinski definition) is 1. The first-order valence-electron chi connectivity index (χ1n) is 16.3. The maximum Gasteiger partial charge on any atom is 0.313 e. The normalized spacial score (nSPS) is 31.5. The summed E-state index contributed by atoms with van der Waals surface area (Å²) in [4.78, 5) is 61.0. The summed E-state index contributed by atoms with van der Waals surface area (Å²) in [5.74, 6) is -3.76. The fourth-order valence-corrected chi connectivity index (χ4v) is 7.56. The number of para-hydroxylation sites is 1. The van der Waals surface area contributed by atoms with Gasteiger partial charge in [-0.1, -0.05) is 72.0 Å². The van der Waals surface area contributed by atoms with Crippen LogP contribution in [0.1, 0.15) is 31.4 Å². The van der Waals surface area contributed by atoms with E-state index in [0.29, 0.717) is 17.5 Å². The van der Waals surface area contributed by atoms with Gasteiger partial charge < -0.3 is 29.3 Å². The van der Waals surface area contributed by atoms with Gasteiger partial charge in [0, 0.05) is 26.6 Å². The largest absolute Gasteiger partial charge is 0.455 e. The molecule has 7 atom stereocenters. The number of allylic oxidation sites excluding steroid dienone is 1. The fourth-order valence-electron chi connectivity index (χ4n) is 7.56. The number of likely N-dealkylation sites (tertiary alicyclic amines) is 1. The van der Waals surface area contributed by atoms with E-state index in [4.69, 9.17) is 9.47 Å². The lowest BCUT2D eigenvalue weighted by atomic mass is 9.74. The molecule has 1 aromatic heterocycles. The maximum absolute atomic E-state index is 14.7. The molecule has 7 rings (SSSR count). The zero-order chi connectivity index (χ0) is 33.6. The molecular weight excluding hydrogens is 616 g/mol. The number of aliphatic hydroxyl groups excluding tert-OH is 1. The third-order valence-electron chi connectivity index (χ3n) is 10.1. The minimum Gasteiger partial charge on any atom is -0.455 e. The molecule has 0 aliphatic carbocycles. The number of amides is 3. The van der Waals surface area contributed by atoms with Gasteiger partial charge in [0.1, 0.15) is 35.9 Å². The number of carbonyl (C=O) groups excluding carboxylic acids is 4. The highest BCUT2D eigenvalue weighted by molar-refractivity contribution is 5.99. The van der Waals surface area contributed by atoms with Crippen LogP contribution >= 0.6 is 0 Å². The molecule has 2 fully saturated rings. The molecule has 1 spiro atoms. The number of carbonyl (C=O) groups is 4. The third-order valence-corrected chi connectivity index (χ3v) is 10.1. The summed E-state index contributed by atoms with van der Waals surface area (Å²) in [6.07, 6.45) is 6.12. The average Bonchev–Trinajstić information content (AvgIpc) is 3.85. The Kier molecular flexibility index (Phi) is 8.34. The van der Waals surface area contributed by atoms with Crippen LogP contribution in [0.15, 0.2) is 78.9 Å². The van der Waals surface area contributed by atoms with Crippen molar-refractivity contribution in [3.63, 3.8) is 0 Å². The number of esters is 1. The molecule has 3 amide bonds. The monoisotopic (exact) mass is 654 g/mol. The Labute approximate surface area is 277 Å². The predicted molar refractivity (Wildman–Crippen MR) is 171 cm³/mol. The molecule has 1 N–H and O–H groups in total. The second kappa shape index (κ2) is 12.6. The Morgan fingerprint density at radius 2 is 1.77 bits per heavy atom. The first kappa shape index (κ1) is 31.7. The number of cyclic esters (lactones) is 1. The molecule has 2 aromatic carbocycles. The second-order valence-electron chi connectivity index (χ2n) is 12.8. The minimum atomic E-state index is -1.45. The molecule has 5 heterocycles. The van der Waals surface area contributed by atoms with Crippen LogP contribution in [0.2, 0.25) is 0 Å². The summed E-state index contributed by atoms with van der Waals surface area (Å²) >= 11 is 0. The highest BCUT2D eigenvalue weighted by Crippen LogP contribution is 2.56. The van der Waals surface area contributed by atoms with Crippen LogP contribution in [0.3, 0.4) is 0 Å². The summed E-state index contributed by atoms with van der Waals surface area (Å²) in [5.41, 5.74) is 0.642. The van der Waals surface area contributed by atoms with E-state index in [1.165, 1.54) is 4.90 Å². The van der Waals surface area contributed by atoms with E-state index in [1.807, 2.05) is 73.7 Å². The van der Waals surface area contributed by atoms with Gasteiger partial charge in [-0.2, -0.15) is 0 Å². The molecule has 4 aliphatic rings. The molecule has 0 saturated carbocycles. The molecule has 0 unspecified atom stereocenters. The lowest BCUT2D eigenvalue weighted by molar-refractivity contribution is -0.164. The average molecular weight is 655 g/mol. The predicted octanol–water partition coefficient (Wildman–Crippen LogP) is 1.84. The molecule has 5 bridgehead atoms. The van der Waals surface area contributed by atoms with Gasteiger partial charge in [-0.3, -0.25) is 19.2 Å². The van der Waals surface area contributed by atoms with Crippen LogP contribution in [0.5, 0.6) is 0 Å². The maximum atomic E-state index is 14.7. The number of β-amino-alcohol motifs (C(OH)–C–C–N with tert-alkyl or cyclic N) is 1. The summed E-state index contributed by atoms with van der Waals surface area (Å²) in [5, 5.41) is 18.5. The van der Waals surface area contributed by atoms with Gasteiger partial charge in [0.25, 0.3) is 5.91 Å². The fraction of sp³-hybridized carbons (Fsp3) is 0.429. The van der Waals surface area contributed by atoms with E-state index in [1.54, 1.807) is 33.7 Å². The summed E-state index contributed by atoms with van der Waals surface area (Å²) in [6, 6.07) is 14.9. The molecule has 13 heteroatoms. The topological polar surface area (TPSA) is 147 Å². The van der Waals surface area contributed by atoms with Crippen molar-refractivity contribution in [1.29, 1.82) is 0 Å². The van der Waals surface area contributed by atoms with Gasteiger partial charge in [-0.25, -0.2) is 4.68 Å². The van der Waals surface area contributed by atoms with Crippen LogP contribution < -0.4 is 0 Å². The van der Waals surface area contributed by atoms with E-state index in [0.717, 1.165) is 5.52 Å². The van der Waals surface area contributed by atoms with Crippen LogP contribution in [-0.4, -0.2) is 109 Å². The van der Waals surface area contributed by atoms with Crippen molar-refractivity contribution >= 4 is 34.7 Å². The van der Waals surface area contributed by atoms with E-state index in [2.05, 4.69) is 10.3 Å². The number of hydrogen-bond acceptors (Lipinski definition) is 9. The van der Waals surface area contributed by atoms with Crippen molar-refractivity contribution in [3.8, 4) is 0 Å². The Hall–Kier alpha value is -4.88. The van der Waals surface area contributed by atoms with Crippen molar-refractivity contribution in [3.05, 3.63) is 84.5 Å². The summed E-state index contributed by atoms with van der Waals surface area (Å²) in [6.45, 7) is 1.47. The number of benzene rings is 2. The lowest BCUT2D eigenvalue weighted by Gasteiger charge is -2.35. The smallest absolute Gasteiger partial charge is 0.313 e. The van der Waals surface area contributed by atoms with Gasteiger partial charge in [-0.05, 0) is 31.0 Å². The van der Waals surface area contributed by atoms with Crippen LogP contribution in [0, 0.1) is 11.8 Å². The van der Waals surface area contributed by atoms with Gasteiger partial charge in [0.05, 0.1) is 30.2 Å². The molecule has 4 aliphatic heterocycles. The van der Waals surface area contributed by atoms with Crippen LogP contribution in [0.25, 0.3) is 11.0 Å². The number of ether oxygens (including phenoxy) is 2. The highest BCUT2D eigenvalue weighted by atomic mass is 16.6. The number of rotatable bonds is 5. The standard InChI is InChI=1S/C35H38N6O7/c1-22-30(23-11-5-3-6-12-23)47-34(46)28-26-16-17-35(48-26)29(28)32(44)40(19-20-42)31(35)33(45)39(18-10-4-7-15-27(43)38(22)2)21-41-25-14-9-8-13-24(25)36-37-41/h3-6,8-14,16-17,22,26,28-31,42H,7,15,18-21H2,1-2H3/b10-4-/t22-,26+,28-,29-,30+,31+,35-/m1/s1. The molecular formula is C35H38N6O7. The van der Waals surface area contributed by atoms with E-state index < -0.39 is 59.5 Å². The van der Waals surface area contributed by atoms with Gasteiger partial charge in [0.15, 0.2) is 0 Å². The number of likely N-dealkylation sites (N-methyl/N-ethyl adjacent to an activating group) is 1. The number of nitrogens with zero attached hydrogens (tertiary/aromatic N) is 6. The van der Waals surface area contributed by atoms with Crippen LogP contribution in [0.4, 0.5) is 0 Å².